The zero-order chi connectivity index (χ0) is 13.0. The molecule has 0 aliphatic heterocycles. The highest BCUT2D eigenvalue weighted by Gasteiger charge is 2.08. The highest BCUT2D eigenvalue weighted by atomic mass is 19.1. The van der Waals surface area contributed by atoms with Gasteiger partial charge in [0.2, 0.25) is 0 Å². The number of aryl methyl sites for hydroxylation is 1. The van der Waals surface area contributed by atoms with Gasteiger partial charge in [-0.3, -0.25) is 0 Å². The minimum atomic E-state index is -0.365. The number of hydrogen-bond donors (Lipinski definition) is 1. The van der Waals surface area contributed by atoms with Crippen LogP contribution in [0.5, 0.6) is 5.75 Å². The Hall–Kier alpha value is -1.81. The molecule has 4 heteroatoms. The quantitative estimate of drug-likeness (QED) is 0.884. The van der Waals surface area contributed by atoms with Crippen molar-refractivity contribution in [3.63, 3.8) is 0 Å². The van der Waals surface area contributed by atoms with Crippen molar-refractivity contribution in [2.75, 3.05) is 7.05 Å². The maximum Gasteiger partial charge on any atom is 0.165 e. The molecule has 0 radical (unpaired) electrons. The van der Waals surface area contributed by atoms with Crippen molar-refractivity contribution in [1.82, 2.24) is 5.32 Å². The summed E-state index contributed by atoms with van der Waals surface area (Å²) in [4.78, 5) is 0. The number of hydrogen-bond acceptors (Lipinski definition) is 3. The Balaban J connectivity index is 2.02. The van der Waals surface area contributed by atoms with Gasteiger partial charge in [0.15, 0.2) is 11.6 Å². The average molecular weight is 249 g/mol. The van der Waals surface area contributed by atoms with Crippen LogP contribution in [0, 0.1) is 12.7 Å². The molecule has 0 spiro atoms. The van der Waals surface area contributed by atoms with Gasteiger partial charge in [0.05, 0.1) is 6.54 Å². The molecule has 0 bridgehead atoms. The molecule has 0 amide bonds. The fraction of sp³-hybridized carbons (Fsp3) is 0.286. The standard InChI is InChI=1S/C14H16FNO2/c1-10-7-11(18-14(10)8-16-2)9-17-13-6-4-3-5-12(13)15/h3-7,16H,8-9H2,1-2H3. The Morgan fingerprint density at radius 3 is 2.83 bits per heavy atom. The van der Waals surface area contributed by atoms with Gasteiger partial charge >= 0.3 is 0 Å². The lowest BCUT2D eigenvalue weighted by molar-refractivity contribution is 0.254. The molecule has 3 nitrogen and oxygen atoms in total. The molecule has 0 aliphatic carbocycles. The van der Waals surface area contributed by atoms with E-state index in [4.69, 9.17) is 9.15 Å². The van der Waals surface area contributed by atoms with Gasteiger partial charge in [-0.25, -0.2) is 4.39 Å². The predicted molar refractivity (Wildman–Crippen MR) is 66.9 cm³/mol. The molecule has 1 N–H and O–H groups in total. The molecule has 0 saturated heterocycles. The van der Waals surface area contributed by atoms with Crippen molar-refractivity contribution in [3.05, 3.63) is 53.2 Å². The number of nitrogens with one attached hydrogen (secondary N) is 1. The first-order chi connectivity index (χ1) is 8.70. The van der Waals surface area contributed by atoms with Crippen LogP contribution in [0.15, 0.2) is 34.7 Å². The fourth-order valence-electron chi connectivity index (χ4n) is 1.71. The molecule has 96 valence electrons. The van der Waals surface area contributed by atoms with Gasteiger partial charge in [0, 0.05) is 0 Å². The van der Waals surface area contributed by atoms with Crippen molar-refractivity contribution < 1.29 is 13.5 Å². The molecule has 0 unspecified atom stereocenters. The van der Waals surface area contributed by atoms with Crippen LogP contribution in [0.25, 0.3) is 0 Å². The summed E-state index contributed by atoms with van der Waals surface area (Å²) < 4.78 is 24.3. The summed E-state index contributed by atoms with van der Waals surface area (Å²) in [7, 11) is 1.86. The molecule has 1 aromatic carbocycles. The minimum Gasteiger partial charge on any atom is -0.483 e. The third-order valence-corrected chi connectivity index (χ3v) is 2.62. The summed E-state index contributed by atoms with van der Waals surface area (Å²) >= 11 is 0. The van der Waals surface area contributed by atoms with Crippen molar-refractivity contribution in [3.8, 4) is 5.75 Å². The van der Waals surface area contributed by atoms with Crippen LogP contribution in [0.4, 0.5) is 4.39 Å². The summed E-state index contributed by atoms with van der Waals surface area (Å²) in [5, 5.41) is 3.03. The Morgan fingerprint density at radius 1 is 1.33 bits per heavy atom. The average Bonchev–Trinajstić information content (AvgIpc) is 2.70. The second-order valence-electron chi connectivity index (χ2n) is 4.07. The molecule has 1 heterocycles. The largest absolute Gasteiger partial charge is 0.483 e. The lowest BCUT2D eigenvalue weighted by Crippen LogP contribution is -2.04. The zero-order valence-corrected chi connectivity index (χ0v) is 10.5. The number of benzene rings is 1. The Labute approximate surface area is 106 Å². The second kappa shape index (κ2) is 5.69. The molecule has 2 rings (SSSR count). The molecule has 18 heavy (non-hydrogen) atoms. The van der Waals surface area contributed by atoms with E-state index in [9.17, 15) is 4.39 Å². The van der Waals surface area contributed by atoms with Crippen LogP contribution in [0.3, 0.4) is 0 Å². The number of rotatable bonds is 5. The van der Waals surface area contributed by atoms with E-state index < -0.39 is 0 Å². The van der Waals surface area contributed by atoms with Gasteiger partial charge in [-0.15, -0.1) is 0 Å². The maximum atomic E-state index is 13.3. The summed E-state index contributed by atoms with van der Waals surface area (Å²) in [6, 6.07) is 8.24. The van der Waals surface area contributed by atoms with Gasteiger partial charge in [-0.2, -0.15) is 0 Å². The number of furan rings is 1. The van der Waals surface area contributed by atoms with E-state index in [1.165, 1.54) is 6.07 Å². The Morgan fingerprint density at radius 2 is 2.11 bits per heavy atom. The molecule has 0 saturated carbocycles. The molecule has 0 aliphatic rings. The predicted octanol–water partition coefficient (Wildman–Crippen LogP) is 3.03. The summed E-state index contributed by atoms with van der Waals surface area (Å²) in [5.41, 5.74) is 1.07. The molecule has 1 aromatic heterocycles. The highest BCUT2D eigenvalue weighted by Crippen LogP contribution is 2.19. The monoisotopic (exact) mass is 249 g/mol. The Kier molecular flexibility index (Phi) is 3.99. The van der Waals surface area contributed by atoms with E-state index in [0.717, 1.165) is 11.3 Å². The second-order valence-corrected chi connectivity index (χ2v) is 4.07. The van der Waals surface area contributed by atoms with Gasteiger partial charge in [-0.05, 0) is 37.7 Å². The zero-order valence-electron chi connectivity index (χ0n) is 10.5. The molecular weight excluding hydrogens is 233 g/mol. The summed E-state index contributed by atoms with van der Waals surface area (Å²) in [6.07, 6.45) is 0. The van der Waals surface area contributed by atoms with Gasteiger partial charge < -0.3 is 14.5 Å². The van der Waals surface area contributed by atoms with Crippen molar-refractivity contribution in [2.24, 2.45) is 0 Å². The van der Waals surface area contributed by atoms with Crippen LogP contribution in [-0.4, -0.2) is 7.05 Å². The van der Waals surface area contributed by atoms with E-state index in [1.54, 1.807) is 18.2 Å². The topological polar surface area (TPSA) is 34.4 Å². The van der Waals surface area contributed by atoms with E-state index in [2.05, 4.69) is 5.32 Å². The molecule has 2 aromatic rings. The van der Waals surface area contributed by atoms with Crippen molar-refractivity contribution in [1.29, 1.82) is 0 Å². The third-order valence-electron chi connectivity index (χ3n) is 2.62. The SMILES string of the molecule is CNCc1oc(COc2ccccc2F)cc1C. The number of halogens is 1. The van der Waals surface area contributed by atoms with E-state index in [0.29, 0.717) is 12.3 Å². The van der Waals surface area contributed by atoms with E-state index in [-0.39, 0.29) is 18.2 Å². The first kappa shape index (κ1) is 12.6. The first-order valence-electron chi connectivity index (χ1n) is 5.81. The third kappa shape index (κ3) is 2.90. The van der Waals surface area contributed by atoms with Gasteiger partial charge in [0.25, 0.3) is 0 Å². The number of para-hydroxylation sites is 1. The van der Waals surface area contributed by atoms with E-state index >= 15 is 0 Å². The van der Waals surface area contributed by atoms with Crippen molar-refractivity contribution >= 4 is 0 Å². The lowest BCUT2D eigenvalue weighted by Gasteiger charge is -2.04. The van der Waals surface area contributed by atoms with Crippen LogP contribution in [0.1, 0.15) is 17.1 Å². The van der Waals surface area contributed by atoms with Gasteiger partial charge in [0.1, 0.15) is 18.1 Å². The molecule has 0 fully saturated rings. The maximum absolute atomic E-state index is 13.3. The molecule has 0 atom stereocenters. The Bertz CT molecular complexity index is 522. The smallest absolute Gasteiger partial charge is 0.165 e. The summed E-state index contributed by atoms with van der Waals surface area (Å²) in [5.74, 6) is 1.45. The van der Waals surface area contributed by atoms with Crippen LogP contribution < -0.4 is 10.1 Å². The van der Waals surface area contributed by atoms with Crippen LogP contribution in [0.2, 0.25) is 0 Å². The van der Waals surface area contributed by atoms with Crippen LogP contribution in [-0.2, 0) is 13.2 Å². The van der Waals surface area contributed by atoms with Gasteiger partial charge in [-0.1, -0.05) is 12.1 Å². The summed E-state index contributed by atoms with van der Waals surface area (Å²) in [6.45, 7) is 2.87. The number of ether oxygens (including phenoxy) is 1. The fourth-order valence-corrected chi connectivity index (χ4v) is 1.71. The molecular formula is C14H16FNO2. The lowest BCUT2D eigenvalue weighted by atomic mass is 10.2. The minimum absolute atomic E-state index is 0.228. The highest BCUT2D eigenvalue weighted by molar-refractivity contribution is 5.24. The van der Waals surface area contributed by atoms with Crippen LogP contribution >= 0.6 is 0 Å². The normalized spacial score (nSPS) is 10.6. The van der Waals surface area contributed by atoms with E-state index in [1.807, 2.05) is 20.0 Å². The van der Waals surface area contributed by atoms with Crippen molar-refractivity contribution in [2.45, 2.75) is 20.1 Å². The first-order valence-corrected chi connectivity index (χ1v) is 5.81.